The van der Waals surface area contributed by atoms with Crippen LogP contribution in [0.1, 0.15) is 60.8 Å². The van der Waals surface area contributed by atoms with Crippen molar-refractivity contribution in [2.75, 3.05) is 6.61 Å². The number of unbranched alkanes of at least 4 members (excludes halogenated alkanes) is 1. The molecule has 0 aromatic rings. The van der Waals surface area contributed by atoms with Crippen LogP contribution in [0.25, 0.3) is 0 Å². The zero-order valence-corrected chi connectivity index (χ0v) is 14.3. The number of esters is 2. The average molecular weight is 298 g/mol. The summed E-state index contributed by atoms with van der Waals surface area (Å²) in [6, 6.07) is 0. The van der Waals surface area contributed by atoms with Gasteiger partial charge in [-0.05, 0) is 46.0 Å². The Morgan fingerprint density at radius 3 is 2.19 bits per heavy atom. The molecule has 0 radical (unpaired) electrons. The minimum atomic E-state index is -0.476. The molecular formula is C17H30O4. The first-order chi connectivity index (χ1) is 9.58. The molecule has 0 rings (SSSR count). The predicted molar refractivity (Wildman–Crippen MR) is 83.8 cm³/mol. The third-order valence-electron chi connectivity index (χ3n) is 3.63. The molecule has 21 heavy (non-hydrogen) atoms. The molecule has 0 heterocycles. The summed E-state index contributed by atoms with van der Waals surface area (Å²) >= 11 is 0. The van der Waals surface area contributed by atoms with E-state index in [0.717, 1.165) is 19.3 Å². The molecule has 0 N–H and O–H groups in total. The monoisotopic (exact) mass is 298 g/mol. The average Bonchev–Trinajstić information content (AvgIpc) is 2.36. The van der Waals surface area contributed by atoms with E-state index in [2.05, 4.69) is 13.5 Å². The first-order valence-corrected chi connectivity index (χ1v) is 7.63. The van der Waals surface area contributed by atoms with Gasteiger partial charge in [-0.25, -0.2) is 4.79 Å². The molecule has 0 bridgehead atoms. The maximum atomic E-state index is 11.7. The SMILES string of the molecule is C=C(C)C(=O)OCCCCC(C)C(C)(C)OC(=O)C(C)C. The molecule has 0 saturated heterocycles. The van der Waals surface area contributed by atoms with Gasteiger partial charge in [-0.1, -0.05) is 27.4 Å². The van der Waals surface area contributed by atoms with Crippen LogP contribution in [0.15, 0.2) is 12.2 Å². The summed E-state index contributed by atoms with van der Waals surface area (Å²) < 4.78 is 10.6. The maximum absolute atomic E-state index is 11.7. The first kappa shape index (κ1) is 19.7. The Hall–Kier alpha value is -1.32. The van der Waals surface area contributed by atoms with Crippen molar-refractivity contribution in [1.82, 2.24) is 0 Å². The second-order valence-corrected chi connectivity index (χ2v) is 6.49. The van der Waals surface area contributed by atoms with Crippen LogP contribution >= 0.6 is 0 Å². The Morgan fingerprint density at radius 1 is 1.14 bits per heavy atom. The van der Waals surface area contributed by atoms with Crippen molar-refractivity contribution in [2.24, 2.45) is 11.8 Å². The number of hydrogen-bond acceptors (Lipinski definition) is 4. The van der Waals surface area contributed by atoms with E-state index in [1.807, 2.05) is 27.7 Å². The van der Waals surface area contributed by atoms with Gasteiger partial charge in [0.25, 0.3) is 0 Å². The largest absolute Gasteiger partial charge is 0.462 e. The highest BCUT2D eigenvalue weighted by atomic mass is 16.6. The molecule has 0 aliphatic carbocycles. The minimum absolute atomic E-state index is 0.113. The summed E-state index contributed by atoms with van der Waals surface area (Å²) in [4.78, 5) is 22.9. The van der Waals surface area contributed by atoms with E-state index >= 15 is 0 Å². The van der Waals surface area contributed by atoms with Crippen LogP contribution in [0.5, 0.6) is 0 Å². The molecule has 0 amide bonds. The lowest BCUT2D eigenvalue weighted by atomic mass is 9.88. The number of ether oxygens (including phenoxy) is 2. The fourth-order valence-electron chi connectivity index (χ4n) is 1.67. The Bertz CT molecular complexity index is 369. The maximum Gasteiger partial charge on any atom is 0.333 e. The Labute approximate surface area is 128 Å². The van der Waals surface area contributed by atoms with Gasteiger partial charge in [-0.2, -0.15) is 0 Å². The summed E-state index contributed by atoms with van der Waals surface area (Å²) in [5.74, 6) is -0.369. The lowest BCUT2D eigenvalue weighted by Gasteiger charge is -2.32. The van der Waals surface area contributed by atoms with Gasteiger partial charge in [-0.3, -0.25) is 4.79 Å². The molecule has 122 valence electrons. The zero-order chi connectivity index (χ0) is 16.6. The molecule has 0 aromatic carbocycles. The van der Waals surface area contributed by atoms with Crippen molar-refractivity contribution < 1.29 is 19.1 Å². The van der Waals surface area contributed by atoms with E-state index in [0.29, 0.717) is 12.2 Å². The molecule has 0 aliphatic heterocycles. The first-order valence-electron chi connectivity index (χ1n) is 7.63. The summed E-state index contributed by atoms with van der Waals surface area (Å²) in [5, 5.41) is 0. The number of carbonyl (C=O) groups is 2. The van der Waals surface area contributed by atoms with Crippen LogP contribution in [0.3, 0.4) is 0 Å². The molecule has 4 nitrogen and oxygen atoms in total. The van der Waals surface area contributed by atoms with E-state index in [9.17, 15) is 9.59 Å². The van der Waals surface area contributed by atoms with Gasteiger partial charge in [0, 0.05) is 5.57 Å². The minimum Gasteiger partial charge on any atom is -0.462 e. The second kappa shape index (κ2) is 8.85. The fourth-order valence-corrected chi connectivity index (χ4v) is 1.67. The van der Waals surface area contributed by atoms with Crippen LogP contribution in [-0.2, 0) is 19.1 Å². The summed E-state index contributed by atoms with van der Waals surface area (Å²) in [7, 11) is 0. The van der Waals surface area contributed by atoms with Crippen LogP contribution in [0.2, 0.25) is 0 Å². The lowest BCUT2D eigenvalue weighted by molar-refractivity contribution is -0.165. The van der Waals surface area contributed by atoms with E-state index in [4.69, 9.17) is 9.47 Å². The molecule has 0 fully saturated rings. The van der Waals surface area contributed by atoms with Crippen molar-refractivity contribution in [3.63, 3.8) is 0 Å². The third kappa shape index (κ3) is 7.88. The molecule has 0 spiro atoms. The van der Waals surface area contributed by atoms with Gasteiger partial charge >= 0.3 is 11.9 Å². The smallest absolute Gasteiger partial charge is 0.333 e. The van der Waals surface area contributed by atoms with E-state index < -0.39 is 5.60 Å². The van der Waals surface area contributed by atoms with Crippen molar-refractivity contribution in [3.05, 3.63) is 12.2 Å². The molecular weight excluding hydrogens is 268 g/mol. The quantitative estimate of drug-likeness (QED) is 0.368. The van der Waals surface area contributed by atoms with Gasteiger partial charge in [0.05, 0.1) is 12.5 Å². The molecule has 1 unspecified atom stereocenters. The molecule has 4 heteroatoms. The van der Waals surface area contributed by atoms with Gasteiger partial charge in [0.1, 0.15) is 5.60 Å². The van der Waals surface area contributed by atoms with E-state index in [-0.39, 0.29) is 23.8 Å². The molecule has 0 saturated carbocycles. The molecule has 0 aromatic heterocycles. The number of hydrogen-bond donors (Lipinski definition) is 0. The summed E-state index contributed by atoms with van der Waals surface area (Å²) in [6.07, 6.45) is 2.65. The van der Waals surface area contributed by atoms with Crippen LogP contribution in [0, 0.1) is 11.8 Å². The number of rotatable bonds is 9. The van der Waals surface area contributed by atoms with Gasteiger partial charge in [0.2, 0.25) is 0 Å². The highest BCUT2D eigenvalue weighted by Crippen LogP contribution is 2.26. The molecule has 0 aliphatic rings. The third-order valence-corrected chi connectivity index (χ3v) is 3.63. The topological polar surface area (TPSA) is 52.6 Å². The highest BCUT2D eigenvalue weighted by molar-refractivity contribution is 5.86. The zero-order valence-electron chi connectivity index (χ0n) is 14.3. The predicted octanol–water partition coefficient (Wildman–Crippen LogP) is 3.89. The van der Waals surface area contributed by atoms with Crippen molar-refractivity contribution >= 4 is 11.9 Å². The highest BCUT2D eigenvalue weighted by Gasteiger charge is 2.30. The van der Waals surface area contributed by atoms with Crippen LogP contribution in [0.4, 0.5) is 0 Å². The van der Waals surface area contributed by atoms with E-state index in [1.54, 1.807) is 6.92 Å². The fraction of sp³-hybridized carbons (Fsp3) is 0.765. The van der Waals surface area contributed by atoms with Gasteiger partial charge in [0.15, 0.2) is 0 Å². The summed E-state index contributed by atoms with van der Waals surface area (Å²) in [6.45, 7) is 15.2. The van der Waals surface area contributed by atoms with Crippen LogP contribution < -0.4 is 0 Å². The van der Waals surface area contributed by atoms with Crippen molar-refractivity contribution in [1.29, 1.82) is 0 Å². The lowest BCUT2D eigenvalue weighted by Crippen LogP contribution is -2.36. The standard InChI is InChI=1S/C17H30O4/c1-12(2)15(18)20-11-9-8-10-14(5)17(6,7)21-16(19)13(3)4/h13-14H,1,8-11H2,2-7H3. The van der Waals surface area contributed by atoms with Crippen molar-refractivity contribution in [2.45, 2.75) is 66.4 Å². The van der Waals surface area contributed by atoms with Crippen molar-refractivity contribution in [3.8, 4) is 0 Å². The Balaban J connectivity index is 4.02. The van der Waals surface area contributed by atoms with Gasteiger partial charge in [-0.15, -0.1) is 0 Å². The Morgan fingerprint density at radius 2 is 1.71 bits per heavy atom. The van der Waals surface area contributed by atoms with Crippen LogP contribution in [-0.4, -0.2) is 24.1 Å². The molecule has 1 atom stereocenters. The number of carbonyl (C=O) groups excluding carboxylic acids is 2. The second-order valence-electron chi connectivity index (χ2n) is 6.49. The normalized spacial score (nSPS) is 12.9. The summed E-state index contributed by atoms with van der Waals surface area (Å²) in [5.41, 5.74) is -0.0551. The Kier molecular flexibility index (Phi) is 8.30. The van der Waals surface area contributed by atoms with E-state index in [1.165, 1.54) is 0 Å². The van der Waals surface area contributed by atoms with Gasteiger partial charge < -0.3 is 9.47 Å².